The molecule has 0 unspecified atom stereocenters. The minimum absolute atomic E-state index is 0.167. The van der Waals surface area contributed by atoms with Crippen LogP contribution in [0, 0.1) is 0 Å². The molecule has 1 aromatic heterocycles. The normalized spacial score (nSPS) is 17.8. The maximum atomic E-state index is 6.03. The lowest BCUT2D eigenvalue weighted by atomic mass is 9.74. The largest absolute Gasteiger partial charge is 0.381 e. The molecule has 0 spiro atoms. The molecule has 3 rings (SSSR count). The first-order chi connectivity index (χ1) is 10.3. The van der Waals surface area contributed by atoms with Gasteiger partial charge in [0.05, 0.1) is 0 Å². The molecule has 2 heterocycles. The van der Waals surface area contributed by atoms with Gasteiger partial charge in [0, 0.05) is 41.6 Å². The molecule has 1 aromatic carbocycles. The van der Waals surface area contributed by atoms with Gasteiger partial charge in [-0.25, -0.2) is 0 Å². The average molecular weight is 322 g/mol. The third-order valence-corrected chi connectivity index (χ3v) is 5.38. The van der Waals surface area contributed by atoms with Gasteiger partial charge in [-0.05, 0) is 42.0 Å². The summed E-state index contributed by atoms with van der Waals surface area (Å²) < 4.78 is 5.57. The molecular formula is C17H20ClNOS. The fraction of sp³-hybridized carbons (Fsp3) is 0.412. The third kappa shape index (κ3) is 3.67. The summed E-state index contributed by atoms with van der Waals surface area (Å²) in [5.74, 6) is 0. The molecule has 1 fully saturated rings. The highest BCUT2D eigenvalue weighted by Crippen LogP contribution is 2.35. The van der Waals surface area contributed by atoms with Crippen LogP contribution in [0.15, 0.2) is 41.8 Å². The van der Waals surface area contributed by atoms with Crippen LogP contribution < -0.4 is 5.32 Å². The van der Waals surface area contributed by atoms with Crippen molar-refractivity contribution in [3.8, 4) is 0 Å². The molecule has 1 aliphatic heterocycles. The van der Waals surface area contributed by atoms with Crippen LogP contribution in [0.3, 0.4) is 0 Å². The summed E-state index contributed by atoms with van der Waals surface area (Å²) in [5.41, 5.74) is 1.54. The molecule has 4 heteroatoms. The summed E-state index contributed by atoms with van der Waals surface area (Å²) in [6, 6.07) is 12.6. The van der Waals surface area contributed by atoms with Gasteiger partial charge in [0.1, 0.15) is 0 Å². The van der Waals surface area contributed by atoms with Gasteiger partial charge in [-0.1, -0.05) is 29.8 Å². The van der Waals surface area contributed by atoms with E-state index in [1.807, 2.05) is 12.1 Å². The molecule has 2 aromatic rings. The zero-order chi connectivity index (χ0) is 14.5. The van der Waals surface area contributed by atoms with E-state index in [1.165, 1.54) is 10.4 Å². The van der Waals surface area contributed by atoms with Crippen LogP contribution in [0.4, 0.5) is 0 Å². The molecular weight excluding hydrogens is 302 g/mol. The maximum Gasteiger partial charge on any atom is 0.0475 e. The number of thiophene rings is 1. The molecule has 1 saturated heterocycles. The van der Waals surface area contributed by atoms with Crippen LogP contribution in [0.2, 0.25) is 5.02 Å². The Hall–Kier alpha value is -0.870. The van der Waals surface area contributed by atoms with Crippen molar-refractivity contribution in [2.75, 3.05) is 19.8 Å². The summed E-state index contributed by atoms with van der Waals surface area (Å²) >= 11 is 7.83. The number of ether oxygens (including phenoxy) is 1. The zero-order valence-electron chi connectivity index (χ0n) is 12.0. The molecule has 0 atom stereocenters. The third-order valence-electron chi connectivity index (χ3n) is 4.25. The van der Waals surface area contributed by atoms with E-state index in [1.54, 1.807) is 11.3 Å². The molecule has 0 bridgehead atoms. The molecule has 0 radical (unpaired) electrons. The van der Waals surface area contributed by atoms with Gasteiger partial charge in [-0.15, -0.1) is 11.3 Å². The number of halogens is 1. The van der Waals surface area contributed by atoms with E-state index >= 15 is 0 Å². The van der Waals surface area contributed by atoms with Gasteiger partial charge in [0.2, 0.25) is 0 Å². The summed E-state index contributed by atoms with van der Waals surface area (Å²) in [7, 11) is 0. The Morgan fingerprint density at radius 2 is 1.90 bits per heavy atom. The number of rotatable bonds is 5. The van der Waals surface area contributed by atoms with Crippen LogP contribution in [0.25, 0.3) is 0 Å². The highest BCUT2D eigenvalue weighted by atomic mass is 35.5. The molecule has 0 saturated carbocycles. The number of hydrogen-bond donors (Lipinski definition) is 1. The number of hydrogen-bond acceptors (Lipinski definition) is 3. The molecule has 112 valence electrons. The van der Waals surface area contributed by atoms with Crippen molar-refractivity contribution >= 4 is 22.9 Å². The Bertz CT molecular complexity index is 547. The Morgan fingerprint density at radius 1 is 1.14 bits per heavy atom. The van der Waals surface area contributed by atoms with Crippen LogP contribution in [0.1, 0.15) is 23.3 Å². The van der Waals surface area contributed by atoms with Crippen LogP contribution >= 0.6 is 22.9 Å². The smallest absolute Gasteiger partial charge is 0.0475 e. The van der Waals surface area contributed by atoms with Gasteiger partial charge in [-0.2, -0.15) is 0 Å². The minimum Gasteiger partial charge on any atom is -0.381 e. The van der Waals surface area contributed by atoms with Gasteiger partial charge in [0.25, 0.3) is 0 Å². The molecule has 1 aliphatic rings. The van der Waals surface area contributed by atoms with Gasteiger partial charge in [0.15, 0.2) is 0 Å². The molecule has 0 amide bonds. The monoisotopic (exact) mass is 321 g/mol. The highest BCUT2D eigenvalue weighted by Gasteiger charge is 2.34. The van der Waals surface area contributed by atoms with Crippen molar-refractivity contribution in [3.63, 3.8) is 0 Å². The second-order valence-electron chi connectivity index (χ2n) is 5.58. The van der Waals surface area contributed by atoms with E-state index in [2.05, 4.69) is 35.0 Å². The zero-order valence-corrected chi connectivity index (χ0v) is 13.6. The Kier molecular flexibility index (Phi) is 4.96. The second kappa shape index (κ2) is 6.93. The first kappa shape index (κ1) is 15.0. The second-order valence-corrected chi connectivity index (χ2v) is 7.05. The Balaban J connectivity index is 1.71. The molecule has 2 nitrogen and oxygen atoms in total. The standard InChI is InChI=1S/C17H20ClNOS/c18-15-5-3-14(4-6-15)17(7-9-20-10-8-17)13-19-12-16-2-1-11-21-16/h1-6,11,19H,7-10,12-13H2. The van der Waals surface area contributed by atoms with Crippen molar-refractivity contribution in [2.45, 2.75) is 24.8 Å². The molecule has 0 aliphatic carbocycles. The van der Waals surface area contributed by atoms with Gasteiger partial charge >= 0.3 is 0 Å². The van der Waals surface area contributed by atoms with Crippen molar-refractivity contribution in [1.82, 2.24) is 5.32 Å². The van der Waals surface area contributed by atoms with E-state index < -0.39 is 0 Å². The van der Waals surface area contributed by atoms with Gasteiger partial charge in [-0.3, -0.25) is 0 Å². The predicted octanol–water partition coefficient (Wildman–Crippen LogP) is 4.24. The van der Waals surface area contributed by atoms with E-state index in [0.29, 0.717) is 0 Å². The molecule has 21 heavy (non-hydrogen) atoms. The quantitative estimate of drug-likeness (QED) is 0.889. The SMILES string of the molecule is Clc1ccc(C2(CNCc3cccs3)CCOCC2)cc1. The first-order valence-corrected chi connectivity index (χ1v) is 8.61. The highest BCUT2D eigenvalue weighted by molar-refractivity contribution is 7.09. The summed E-state index contributed by atoms with van der Waals surface area (Å²) in [4.78, 5) is 1.38. The lowest BCUT2D eigenvalue weighted by Gasteiger charge is -2.38. The van der Waals surface area contributed by atoms with Crippen molar-refractivity contribution < 1.29 is 4.74 Å². The first-order valence-electron chi connectivity index (χ1n) is 7.35. The minimum atomic E-state index is 0.167. The van der Waals surface area contributed by atoms with Gasteiger partial charge < -0.3 is 10.1 Å². The average Bonchev–Trinajstić information content (AvgIpc) is 3.02. The lowest BCUT2D eigenvalue weighted by Crippen LogP contribution is -2.42. The van der Waals surface area contributed by atoms with E-state index in [4.69, 9.17) is 16.3 Å². The van der Waals surface area contributed by atoms with E-state index in [-0.39, 0.29) is 5.41 Å². The lowest BCUT2D eigenvalue weighted by molar-refractivity contribution is 0.0498. The van der Waals surface area contributed by atoms with E-state index in [0.717, 1.165) is 44.2 Å². The summed E-state index contributed by atoms with van der Waals surface area (Å²) in [6.45, 7) is 3.59. The van der Waals surface area contributed by atoms with Crippen molar-refractivity contribution in [3.05, 3.63) is 57.2 Å². The fourth-order valence-electron chi connectivity index (χ4n) is 2.97. The van der Waals surface area contributed by atoms with Crippen molar-refractivity contribution in [1.29, 1.82) is 0 Å². The topological polar surface area (TPSA) is 21.3 Å². The summed E-state index contributed by atoms with van der Waals surface area (Å²) in [5, 5.41) is 6.56. The fourth-order valence-corrected chi connectivity index (χ4v) is 3.77. The predicted molar refractivity (Wildman–Crippen MR) is 89.2 cm³/mol. The van der Waals surface area contributed by atoms with Crippen LogP contribution in [-0.2, 0) is 16.7 Å². The molecule has 1 N–H and O–H groups in total. The van der Waals surface area contributed by atoms with Crippen LogP contribution in [0.5, 0.6) is 0 Å². The van der Waals surface area contributed by atoms with Crippen LogP contribution in [-0.4, -0.2) is 19.8 Å². The number of benzene rings is 1. The Morgan fingerprint density at radius 3 is 2.57 bits per heavy atom. The Labute approximate surface area is 135 Å². The van der Waals surface area contributed by atoms with Crippen molar-refractivity contribution in [2.24, 2.45) is 0 Å². The summed E-state index contributed by atoms with van der Waals surface area (Å²) in [6.07, 6.45) is 2.12. The maximum absolute atomic E-state index is 6.03. The van der Waals surface area contributed by atoms with E-state index in [9.17, 15) is 0 Å². The number of nitrogens with one attached hydrogen (secondary N) is 1.